The number of nitrogens with zero attached hydrogens (tertiary/aromatic N) is 2. The van der Waals surface area contributed by atoms with Crippen LogP contribution in [0.2, 0.25) is 0 Å². The first-order valence-electron chi connectivity index (χ1n) is 4.75. The highest BCUT2D eigenvalue weighted by Crippen LogP contribution is 2.23. The van der Waals surface area contributed by atoms with E-state index in [4.69, 9.17) is 5.26 Å². The van der Waals surface area contributed by atoms with Crippen molar-refractivity contribution < 1.29 is 0 Å². The molecule has 1 aromatic rings. The predicted octanol–water partition coefficient (Wildman–Crippen LogP) is 2.78. The Bertz CT molecular complexity index is 336. The summed E-state index contributed by atoms with van der Waals surface area (Å²) in [5, 5.41) is 13.0. The first-order valence-corrected chi connectivity index (χ1v) is 5.52. The maximum atomic E-state index is 8.87. The number of hydrogen-bond donors (Lipinski definition) is 1. The second kappa shape index (κ2) is 4.97. The molecule has 0 aliphatic rings. The highest BCUT2D eigenvalue weighted by molar-refractivity contribution is 7.10. The highest BCUT2D eigenvalue weighted by Gasteiger charge is 2.08. The molecule has 0 radical (unpaired) electrons. The zero-order valence-corrected chi connectivity index (χ0v) is 9.61. The zero-order chi connectivity index (χ0) is 10.6. The van der Waals surface area contributed by atoms with Gasteiger partial charge in [-0.05, 0) is 30.8 Å². The fraction of sp³-hybridized carbons (Fsp3) is 0.600. The fourth-order valence-corrected chi connectivity index (χ4v) is 1.87. The first kappa shape index (κ1) is 11.0. The van der Waals surface area contributed by atoms with Gasteiger partial charge in [-0.25, -0.2) is 0 Å². The smallest absolute Gasteiger partial charge is 0.127 e. The van der Waals surface area contributed by atoms with Crippen molar-refractivity contribution in [2.45, 2.75) is 27.2 Å². The summed E-state index contributed by atoms with van der Waals surface area (Å²) in [6.07, 6.45) is 1.11. The van der Waals surface area contributed by atoms with E-state index in [9.17, 15) is 0 Å². The van der Waals surface area contributed by atoms with Gasteiger partial charge < -0.3 is 5.32 Å². The van der Waals surface area contributed by atoms with Crippen LogP contribution in [0.3, 0.4) is 0 Å². The molecule has 0 aliphatic carbocycles. The van der Waals surface area contributed by atoms with Crippen molar-refractivity contribution in [1.82, 2.24) is 4.37 Å². The summed E-state index contributed by atoms with van der Waals surface area (Å²) in [7, 11) is 0. The molecular weight excluding hydrogens is 194 g/mol. The maximum Gasteiger partial charge on any atom is 0.127 e. The van der Waals surface area contributed by atoms with Crippen molar-refractivity contribution in [3.8, 4) is 6.07 Å². The van der Waals surface area contributed by atoms with E-state index >= 15 is 0 Å². The second-order valence-electron chi connectivity index (χ2n) is 3.69. The summed E-state index contributed by atoms with van der Waals surface area (Å²) in [6.45, 7) is 7.15. The Morgan fingerprint density at radius 3 is 2.86 bits per heavy atom. The van der Waals surface area contributed by atoms with E-state index in [2.05, 4.69) is 29.6 Å². The van der Waals surface area contributed by atoms with E-state index < -0.39 is 0 Å². The van der Waals surface area contributed by atoms with Gasteiger partial charge in [-0.1, -0.05) is 13.8 Å². The van der Waals surface area contributed by atoms with Gasteiger partial charge in [-0.15, -0.1) is 0 Å². The lowest BCUT2D eigenvalue weighted by Crippen LogP contribution is -2.04. The summed E-state index contributed by atoms with van der Waals surface area (Å²) in [6, 6.07) is 2.17. The lowest BCUT2D eigenvalue weighted by atomic mass is 10.1. The van der Waals surface area contributed by atoms with E-state index in [1.165, 1.54) is 11.5 Å². The molecule has 1 N–H and O–H groups in total. The van der Waals surface area contributed by atoms with Crippen molar-refractivity contribution in [2.75, 3.05) is 11.9 Å². The minimum absolute atomic E-state index is 0.682. The minimum Gasteiger partial charge on any atom is -0.375 e. The lowest BCUT2D eigenvalue weighted by molar-refractivity contribution is 0.607. The molecule has 76 valence electrons. The summed E-state index contributed by atoms with van der Waals surface area (Å²) < 4.78 is 4.14. The third kappa shape index (κ3) is 2.71. The van der Waals surface area contributed by atoms with E-state index in [0.717, 1.165) is 23.7 Å². The van der Waals surface area contributed by atoms with Crippen molar-refractivity contribution >= 4 is 16.5 Å². The minimum atomic E-state index is 0.682. The van der Waals surface area contributed by atoms with Gasteiger partial charge in [0.2, 0.25) is 0 Å². The lowest BCUT2D eigenvalue weighted by Gasteiger charge is -2.05. The van der Waals surface area contributed by atoms with Gasteiger partial charge >= 0.3 is 0 Å². The van der Waals surface area contributed by atoms with Crippen molar-refractivity contribution in [1.29, 1.82) is 5.26 Å². The van der Waals surface area contributed by atoms with Crippen LogP contribution in [0.25, 0.3) is 0 Å². The molecule has 0 unspecified atom stereocenters. The van der Waals surface area contributed by atoms with Gasteiger partial charge in [0.25, 0.3) is 0 Å². The van der Waals surface area contributed by atoms with Crippen LogP contribution in [0.5, 0.6) is 0 Å². The van der Waals surface area contributed by atoms with E-state index in [1.807, 2.05) is 6.92 Å². The summed E-state index contributed by atoms with van der Waals surface area (Å²) in [5.74, 6) is 0.682. The third-order valence-electron chi connectivity index (χ3n) is 1.98. The summed E-state index contributed by atoms with van der Waals surface area (Å²) >= 11 is 1.37. The number of anilines is 1. The molecule has 4 heteroatoms. The zero-order valence-electron chi connectivity index (χ0n) is 8.79. The Balaban J connectivity index is 2.55. The number of hydrogen-bond acceptors (Lipinski definition) is 4. The molecule has 0 saturated carbocycles. The molecule has 0 aliphatic heterocycles. The van der Waals surface area contributed by atoms with Crippen LogP contribution in [0.1, 0.15) is 31.5 Å². The number of aromatic nitrogens is 1. The molecule has 0 fully saturated rings. The molecule has 0 amide bonds. The van der Waals surface area contributed by atoms with E-state index in [-0.39, 0.29) is 0 Å². The standard InChI is InChI=1S/C10H15N3S/c1-7(2)4-5-12-10-9(6-11)8(3)13-14-10/h7,12H,4-5H2,1-3H3. The molecule has 3 nitrogen and oxygen atoms in total. The van der Waals surface area contributed by atoms with Gasteiger partial charge in [-0.3, -0.25) is 0 Å². The highest BCUT2D eigenvalue weighted by atomic mass is 32.1. The monoisotopic (exact) mass is 209 g/mol. The number of nitrogens with one attached hydrogen (secondary N) is 1. The Labute approximate surface area is 88.9 Å². The second-order valence-corrected chi connectivity index (χ2v) is 4.47. The van der Waals surface area contributed by atoms with Crippen LogP contribution in [-0.4, -0.2) is 10.9 Å². The van der Waals surface area contributed by atoms with Crippen LogP contribution in [0, 0.1) is 24.2 Å². The molecule has 0 aromatic carbocycles. The van der Waals surface area contributed by atoms with Gasteiger partial charge in [0, 0.05) is 6.54 Å². The molecule has 1 heterocycles. The van der Waals surface area contributed by atoms with Gasteiger partial charge in [-0.2, -0.15) is 9.64 Å². The molecule has 14 heavy (non-hydrogen) atoms. The van der Waals surface area contributed by atoms with Crippen molar-refractivity contribution in [3.05, 3.63) is 11.3 Å². The summed E-state index contributed by atoms with van der Waals surface area (Å²) in [4.78, 5) is 0. The van der Waals surface area contributed by atoms with Crippen LogP contribution in [0.4, 0.5) is 5.00 Å². The Kier molecular flexibility index (Phi) is 3.90. The largest absolute Gasteiger partial charge is 0.375 e. The first-order chi connectivity index (χ1) is 6.65. The summed E-state index contributed by atoms with van der Waals surface area (Å²) in [5.41, 5.74) is 1.52. The van der Waals surface area contributed by atoms with Crippen molar-refractivity contribution in [2.24, 2.45) is 5.92 Å². The Morgan fingerprint density at radius 1 is 1.57 bits per heavy atom. The number of nitriles is 1. The SMILES string of the molecule is Cc1nsc(NCCC(C)C)c1C#N. The Hall–Kier alpha value is -1.08. The molecule has 1 rings (SSSR count). The maximum absolute atomic E-state index is 8.87. The van der Waals surface area contributed by atoms with Gasteiger partial charge in [0.15, 0.2) is 0 Å². The average molecular weight is 209 g/mol. The Morgan fingerprint density at radius 2 is 2.29 bits per heavy atom. The van der Waals surface area contributed by atoms with Crippen LogP contribution < -0.4 is 5.32 Å². The van der Waals surface area contributed by atoms with E-state index in [0.29, 0.717) is 11.5 Å². The van der Waals surface area contributed by atoms with Crippen LogP contribution in [0.15, 0.2) is 0 Å². The topological polar surface area (TPSA) is 48.7 Å². The molecular formula is C10H15N3S. The van der Waals surface area contributed by atoms with Crippen molar-refractivity contribution in [3.63, 3.8) is 0 Å². The molecule has 1 aromatic heterocycles. The molecule has 0 atom stereocenters. The predicted molar refractivity (Wildman–Crippen MR) is 59.5 cm³/mol. The van der Waals surface area contributed by atoms with Crippen LogP contribution >= 0.6 is 11.5 Å². The normalized spacial score (nSPS) is 10.2. The average Bonchev–Trinajstić information content (AvgIpc) is 2.46. The number of aryl methyl sites for hydroxylation is 1. The molecule has 0 bridgehead atoms. The van der Waals surface area contributed by atoms with E-state index in [1.54, 1.807) is 0 Å². The third-order valence-corrected chi connectivity index (χ3v) is 2.88. The molecule has 0 saturated heterocycles. The quantitative estimate of drug-likeness (QED) is 0.829. The van der Waals surface area contributed by atoms with Gasteiger partial charge in [0.05, 0.1) is 5.69 Å². The molecule has 0 spiro atoms. The fourth-order valence-electron chi connectivity index (χ4n) is 1.10. The number of rotatable bonds is 4. The van der Waals surface area contributed by atoms with Crippen LogP contribution in [-0.2, 0) is 0 Å². The van der Waals surface area contributed by atoms with Gasteiger partial charge in [0.1, 0.15) is 16.6 Å².